The molecule has 0 saturated heterocycles. The molecule has 0 radical (unpaired) electrons. The summed E-state index contributed by atoms with van der Waals surface area (Å²) in [4.78, 5) is 0. The van der Waals surface area contributed by atoms with Gasteiger partial charge in [0, 0.05) is 6.26 Å². The van der Waals surface area contributed by atoms with E-state index in [1.165, 1.54) is 6.26 Å². The summed E-state index contributed by atoms with van der Waals surface area (Å²) < 4.78 is 22.3. The van der Waals surface area contributed by atoms with Gasteiger partial charge in [-0.15, -0.1) is 0 Å². The van der Waals surface area contributed by atoms with Crippen LogP contribution in [0.2, 0.25) is 0 Å². The van der Waals surface area contributed by atoms with E-state index in [0.29, 0.717) is 18.8 Å². The van der Waals surface area contributed by atoms with Crippen molar-refractivity contribution in [2.24, 2.45) is 11.3 Å². The number of rotatable bonds is 3. The zero-order valence-corrected chi connectivity index (χ0v) is 11.6. The fraction of sp³-hybridized carbons (Fsp3) is 1.00. The first-order chi connectivity index (χ1) is 7.02. The van der Waals surface area contributed by atoms with Crippen LogP contribution < -0.4 is 0 Å². The predicted molar refractivity (Wildman–Crippen MR) is 66.1 cm³/mol. The molecular formula is C12H24O3S. The summed E-state index contributed by atoms with van der Waals surface area (Å²) in [5.41, 5.74) is -0.672. The molecule has 0 aromatic heterocycles. The molecular weight excluding hydrogens is 224 g/mol. The van der Waals surface area contributed by atoms with Crippen LogP contribution in [0.25, 0.3) is 0 Å². The van der Waals surface area contributed by atoms with Gasteiger partial charge in [-0.05, 0) is 37.0 Å². The van der Waals surface area contributed by atoms with Crippen LogP contribution in [0.3, 0.4) is 0 Å². The van der Waals surface area contributed by atoms with Gasteiger partial charge >= 0.3 is 0 Å². The Morgan fingerprint density at radius 2 is 1.88 bits per heavy atom. The molecule has 0 aromatic rings. The average molecular weight is 248 g/mol. The van der Waals surface area contributed by atoms with Crippen molar-refractivity contribution in [1.29, 1.82) is 0 Å². The summed E-state index contributed by atoms with van der Waals surface area (Å²) in [6, 6.07) is 0. The predicted octanol–water partition coefficient (Wildman–Crippen LogP) is 2.00. The third-order valence-electron chi connectivity index (χ3n) is 3.38. The second-order valence-electron chi connectivity index (χ2n) is 6.46. The molecule has 2 unspecified atom stereocenters. The Morgan fingerprint density at radius 1 is 1.31 bits per heavy atom. The Labute approximate surface area is 99.2 Å². The summed E-state index contributed by atoms with van der Waals surface area (Å²) in [6.45, 7) is 6.43. The molecule has 1 saturated carbocycles. The van der Waals surface area contributed by atoms with Crippen LogP contribution in [0.1, 0.15) is 46.5 Å². The van der Waals surface area contributed by atoms with Crippen LogP contribution in [-0.2, 0) is 9.84 Å². The van der Waals surface area contributed by atoms with E-state index in [4.69, 9.17) is 0 Å². The van der Waals surface area contributed by atoms with E-state index in [1.807, 2.05) is 0 Å². The largest absolute Gasteiger partial charge is 0.390 e. The quantitative estimate of drug-likeness (QED) is 0.831. The maximum absolute atomic E-state index is 11.1. The summed E-state index contributed by atoms with van der Waals surface area (Å²) >= 11 is 0. The molecule has 0 amide bonds. The van der Waals surface area contributed by atoms with Crippen molar-refractivity contribution in [2.75, 3.05) is 12.0 Å². The fourth-order valence-corrected chi connectivity index (χ4v) is 4.02. The molecule has 1 aliphatic rings. The van der Waals surface area contributed by atoms with Crippen molar-refractivity contribution in [2.45, 2.75) is 52.1 Å². The van der Waals surface area contributed by atoms with E-state index in [2.05, 4.69) is 20.8 Å². The first kappa shape index (κ1) is 14.0. The summed E-state index contributed by atoms with van der Waals surface area (Å²) in [6.07, 6.45) is 4.15. The molecule has 96 valence electrons. The Hall–Kier alpha value is -0.0900. The summed E-state index contributed by atoms with van der Waals surface area (Å²) in [5.74, 6) is 0.556. The van der Waals surface area contributed by atoms with E-state index in [9.17, 15) is 13.5 Å². The van der Waals surface area contributed by atoms with Gasteiger partial charge in [0.25, 0.3) is 0 Å². The SMILES string of the molecule is CC1CC(C)(C)CC(O)(CCS(C)(=O)=O)C1. The van der Waals surface area contributed by atoms with Gasteiger partial charge in [0.05, 0.1) is 11.4 Å². The second-order valence-corrected chi connectivity index (χ2v) is 8.72. The average Bonchev–Trinajstić information content (AvgIpc) is 1.94. The van der Waals surface area contributed by atoms with Crippen LogP contribution >= 0.6 is 0 Å². The minimum Gasteiger partial charge on any atom is -0.390 e. The van der Waals surface area contributed by atoms with E-state index in [0.717, 1.165) is 12.8 Å². The lowest BCUT2D eigenvalue weighted by Gasteiger charge is -2.44. The van der Waals surface area contributed by atoms with Crippen molar-refractivity contribution in [3.8, 4) is 0 Å². The lowest BCUT2D eigenvalue weighted by molar-refractivity contribution is -0.0598. The molecule has 1 fully saturated rings. The van der Waals surface area contributed by atoms with Crippen molar-refractivity contribution < 1.29 is 13.5 Å². The van der Waals surface area contributed by atoms with Crippen molar-refractivity contribution in [1.82, 2.24) is 0 Å². The lowest BCUT2D eigenvalue weighted by Crippen LogP contribution is -2.43. The molecule has 2 atom stereocenters. The van der Waals surface area contributed by atoms with Gasteiger partial charge < -0.3 is 5.11 Å². The molecule has 0 spiro atoms. The zero-order chi connectivity index (χ0) is 12.6. The summed E-state index contributed by atoms with van der Waals surface area (Å²) in [7, 11) is -2.98. The Kier molecular flexibility index (Phi) is 3.75. The number of aliphatic hydroxyl groups is 1. The molecule has 1 aliphatic carbocycles. The number of hydrogen-bond donors (Lipinski definition) is 1. The highest BCUT2D eigenvalue weighted by molar-refractivity contribution is 7.90. The first-order valence-corrected chi connectivity index (χ1v) is 7.98. The van der Waals surface area contributed by atoms with Crippen LogP contribution in [-0.4, -0.2) is 31.1 Å². The van der Waals surface area contributed by atoms with Crippen LogP contribution in [0, 0.1) is 11.3 Å². The zero-order valence-electron chi connectivity index (χ0n) is 10.8. The molecule has 0 bridgehead atoms. The van der Waals surface area contributed by atoms with Crippen LogP contribution in [0.4, 0.5) is 0 Å². The first-order valence-electron chi connectivity index (χ1n) is 5.92. The third-order valence-corrected chi connectivity index (χ3v) is 4.32. The Morgan fingerprint density at radius 3 is 2.31 bits per heavy atom. The van der Waals surface area contributed by atoms with Crippen LogP contribution in [0.15, 0.2) is 0 Å². The second kappa shape index (κ2) is 4.30. The van der Waals surface area contributed by atoms with E-state index >= 15 is 0 Å². The van der Waals surface area contributed by atoms with E-state index in [-0.39, 0.29) is 11.2 Å². The maximum atomic E-state index is 11.1. The highest BCUT2D eigenvalue weighted by Crippen LogP contribution is 2.45. The molecule has 0 aliphatic heterocycles. The standard InChI is InChI=1S/C12H24O3S/c1-10-7-11(2,3)9-12(13,8-10)5-6-16(4,14)15/h10,13H,5-9H2,1-4H3. The molecule has 1 N–H and O–H groups in total. The monoisotopic (exact) mass is 248 g/mol. The molecule has 1 rings (SSSR count). The van der Waals surface area contributed by atoms with Gasteiger partial charge in [0.15, 0.2) is 0 Å². The minimum absolute atomic E-state index is 0.0896. The molecule has 0 heterocycles. The van der Waals surface area contributed by atoms with Gasteiger partial charge in [-0.25, -0.2) is 8.42 Å². The molecule has 4 heteroatoms. The number of sulfone groups is 1. The normalized spacial score (nSPS) is 34.9. The number of hydrogen-bond acceptors (Lipinski definition) is 3. The highest BCUT2D eigenvalue weighted by atomic mass is 32.2. The fourth-order valence-electron chi connectivity index (χ4n) is 3.27. The van der Waals surface area contributed by atoms with Gasteiger partial charge in [0.2, 0.25) is 0 Å². The topological polar surface area (TPSA) is 54.4 Å². The van der Waals surface area contributed by atoms with E-state index < -0.39 is 15.4 Å². The lowest BCUT2D eigenvalue weighted by atomic mass is 9.65. The smallest absolute Gasteiger partial charge is 0.147 e. The van der Waals surface area contributed by atoms with Crippen molar-refractivity contribution in [3.05, 3.63) is 0 Å². The van der Waals surface area contributed by atoms with Gasteiger partial charge in [-0.2, -0.15) is 0 Å². The van der Waals surface area contributed by atoms with Gasteiger partial charge in [-0.1, -0.05) is 20.8 Å². The van der Waals surface area contributed by atoms with Crippen molar-refractivity contribution in [3.63, 3.8) is 0 Å². The summed E-state index contributed by atoms with van der Waals surface area (Å²) in [5, 5.41) is 10.5. The Balaban J connectivity index is 2.69. The molecule has 3 nitrogen and oxygen atoms in total. The van der Waals surface area contributed by atoms with E-state index in [1.54, 1.807) is 0 Å². The molecule has 0 aromatic carbocycles. The highest BCUT2D eigenvalue weighted by Gasteiger charge is 2.41. The Bertz CT molecular complexity index is 345. The molecule has 16 heavy (non-hydrogen) atoms. The minimum atomic E-state index is -2.98. The van der Waals surface area contributed by atoms with Gasteiger partial charge in [-0.3, -0.25) is 0 Å². The third kappa shape index (κ3) is 4.42. The van der Waals surface area contributed by atoms with Gasteiger partial charge in [0.1, 0.15) is 9.84 Å². The van der Waals surface area contributed by atoms with Crippen LogP contribution in [0.5, 0.6) is 0 Å². The maximum Gasteiger partial charge on any atom is 0.147 e. The van der Waals surface area contributed by atoms with Crippen molar-refractivity contribution >= 4 is 9.84 Å².